The predicted octanol–water partition coefficient (Wildman–Crippen LogP) is 5.38. The van der Waals surface area contributed by atoms with E-state index in [9.17, 15) is 18.0 Å². The van der Waals surface area contributed by atoms with Crippen molar-refractivity contribution in [1.82, 2.24) is 10.2 Å². The second-order valence-corrected chi connectivity index (χ2v) is 12.7. The fraction of sp³-hybridized carbons (Fsp3) is 0.355. The van der Waals surface area contributed by atoms with E-state index in [0.717, 1.165) is 21.0 Å². The molecule has 3 rings (SSSR count). The van der Waals surface area contributed by atoms with E-state index in [-0.39, 0.29) is 23.3 Å². The molecule has 0 bridgehead atoms. The van der Waals surface area contributed by atoms with E-state index in [0.29, 0.717) is 23.7 Å². The van der Waals surface area contributed by atoms with Gasteiger partial charge >= 0.3 is 0 Å². The Labute approximate surface area is 243 Å². The van der Waals surface area contributed by atoms with Crippen molar-refractivity contribution in [2.75, 3.05) is 23.9 Å². The van der Waals surface area contributed by atoms with Gasteiger partial charge in [-0.05, 0) is 86.2 Å². The lowest BCUT2D eigenvalue weighted by molar-refractivity contribution is -0.138. The van der Waals surface area contributed by atoms with Gasteiger partial charge < -0.3 is 10.2 Å². The molecule has 0 saturated heterocycles. The standard InChI is InChI=1S/C31H38ClN3O4S/c1-22(2)20-33-31(37)25(5)34(18-17-26-9-7-6-8-10-26)30(36)21-35(28-14-11-23(3)24(4)19-28)40(38,39)29-15-12-27(32)13-16-29/h6-16,19,22,25H,17-18,20-21H2,1-5H3,(H,33,37). The van der Waals surface area contributed by atoms with E-state index in [1.165, 1.54) is 29.2 Å². The summed E-state index contributed by atoms with van der Waals surface area (Å²) >= 11 is 6.01. The van der Waals surface area contributed by atoms with Crippen molar-refractivity contribution in [2.24, 2.45) is 5.92 Å². The quantitative estimate of drug-likeness (QED) is 0.310. The highest BCUT2D eigenvalue weighted by Crippen LogP contribution is 2.27. The number of amides is 2. The van der Waals surface area contributed by atoms with Crippen LogP contribution in [0.1, 0.15) is 37.5 Å². The molecule has 0 aliphatic carbocycles. The Balaban J connectivity index is 1.98. The first-order valence-corrected chi connectivity index (χ1v) is 15.2. The van der Waals surface area contributed by atoms with Gasteiger partial charge in [-0.25, -0.2) is 8.42 Å². The van der Waals surface area contributed by atoms with E-state index in [1.54, 1.807) is 19.1 Å². The highest BCUT2D eigenvalue weighted by molar-refractivity contribution is 7.92. The number of carbonyl (C=O) groups excluding carboxylic acids is 2. The molecule has 214 valence electrons. The van der Waals surface area contributed by atoms with Gasteiger partial charge in [0.25, 0.3) is 10.0 Å². The van der Waals surface area contributed by atoms with E-state index in [2.05, 4.69) is 5.32 Å². The number of hydrogen-bond acceptors (Lipinski definition) is 4. The molecule has 0 radical (unpaired) electrons. The van der Waals surface area contributed by atoms with Crippen molar-refractivity contribution in [2.45, 2.75) is 52.0 Å². The van der Waals surface area contributed by atoms with Gasteiger partial charge in [0.15, 0.2) is 0 Å². The summed E-state index contributed by atoms with van der Waals surface area (Å²) in [5.74, 6) is -0.512. The van der Waals surface area contributed by atoms with Crippen LogP contribution >= 0.6 is 11.6 Å². The monoisotopic (exact) mass is 583 g/mol. The summed E-state index contributed by atoms with van der Waals surface area (Å²) in [7, 11) is -4.14. The molecule has 40 heavy (non-hydrogen) atoms. The Morgan fingerprint density at radius 3 is 2.15 bits per heavy atom. The topological polar surface area (TPSA) is 86.8 Å². The second-order valence-electron chi connectivity index (χ2n) is 10.4. The Morgan fingerprint density at radius 2 is 1.55 bits per heavy atom. The van der Waals surface area contributed by atoms with Crippen LogP contribution in [0.3, 0.4) is 0 Å². The number of aryl methyl sites for hydroxylation is 2. The minimum atomic E-state index is -4.14. The van der Waals surface area contributed by atoms with Crippen molar-refractivity contribution >= 4 is 39.1 Å². The number of halogens is 1. The van der Waals surface area contributed by atoms with Crippen molar-refractivity contribution in [3.8, 4) is 0 Å². The summed E-state index contributed by atoms with van der Waals surface area (Å²) in [5.41, 5.74) is 3.27. The number of nitrogens with zero attached hydrogens (tertiary/aromatic N) is 2. The fourth-order valence-electron chi connectivity index (χ4n) is 4.17. The van der Waals surface area contributed by atoms with Gasteiger partial charge in [-0.2, -0.15) is 0 Å². The van der Waals surface area contributed by atoms with Crippen LogP contribution in [0.2, 0.25) is 5.02 Å². The number of carbonyl (C=O) groups is 2. The Kier molecular flexibility index (Phi) is 10.8. The largest absolute Gasteiger partial charge is 0.354 e. The molecule has 1 N–H and O–H groups in total. The molecule has 0 fully saturated rings. The maximum atomic E-state index is 13.9. The molecule has 1 unspecified atom stereocenters. The Morgan fingerprint density at radius 1 is 0.900 bits per heavy atom. The number of rotatable bonds is 12. The maximum absolute atomic E-state index is 13.9. The number of sulfonamides is 1. The summed E-state index contributed by atoms with van der Waals surface area (Å²) in [6.07, 6.45) is 0.516. The van der Waals surface area contributed by atoms with E-state index < -0.39 is 28.5 Å². The van der Waals surface area contributed by atoms with Crippen molar-refractivity contribution in [3.05, 3.63) is 94.5 Å². The van der Waals surface area contributed by atoms with Crippen LogP contribution in [-0.2, 0) is 26.0 Å². The minimum Gasteiger partial charge on any atom is -0.354 e. The molecule has 0 heterocycles. The summed E-state index contributed by atoms with van der Waals surface area (Å²) in [6, 6.07) is 20.0. The first-order chi connectivity index (χ1) is 18.9. The molecule has 3 aromatic carbocycles. The lowest BCUT2D eigenvalue weighted by atomic mass is 10.1. The summed E-state index contributed by atoms with van der Waals surface area (Å²) < 4.78 is 28.9. The third kappa shape index (κ3) is 8.08. The minimum absolute atomic E-state index is 0.0153. The molecule has 0 aliphatic rings. The van der Waals surface area contributed by atoms with Crippen molar-refractivity contribution in [1.29, 1.82) is 0 Å². The number of nitrogens with one attached hydrogen (secondary N) is 1. The van der Waals surface area contributed by atoms with Gasteiger partial charge in [-0.1, -0.05) is 61.8 Å². The molecule has 2 amide bonds. The molecule has 3 aromatic rings. The first kappa shape index (κ1) is 31.2. The maximum Gasteiger partial charge on any atom is 0.264 e. The van der Waals surface area contributed by atoms with Gasteiger partial charge in [0.2, 0.25) is 11.8 Å². The van der Waals surface area contributed by atoms with Gasteiger partial charge in [0.1, 0.15) is 12.6 Å². The van der Waals surface area contributed by atoms with E-state index >= 15 is 0 Å². The third-order valence-electron chi connectivity index (χ3n) is 6.80. The van der Waals surface area contributed by atoms with Gasteiger partial charge in [-0.3, -0.25) is 13.9 Å². The van der Waals surface area contributed by atoms with E-state index in [1.807, 2.05) is 64.1 Å². The van der Waals surface area contributed by atoms with Crippen molar-refractivity contribution < 1.29 is 18.0 Å². The molecule has 7 nitrogen and oxygen atoms in total. The molecule has 9 heteroatoms. The SMILES string of the molecule is Cc1ccc(N(CC(=O)N(CCc2ccccc2)C(C)C(=O)NCC(C)C)S(=O)(=O)c2ccc(Cl)cc2)cc1C. The first-order valence-electron chi connectivity index (χ1n) is 13.4. The summed E-state index contributed by atoms with van der Waals surface area (Å²) in [4.78, 5) is 28.5. The zero-order valence-corrected chi connectivity index (χ0v) is 25.3. The van der Waals surface area contributed by atoms with Crippen LogP contribution in [-0.4, -0.2) is 50.8 Å². The average molecular weight is 584 g/mol. The van der Waals surface area contributed by atoms with Crippen LogP contribution in [0.25, 0.3) is 0 Å². The summed E-state index contributed by atoms with van der Waals surface area (Å²) in [6.45, 7) is 9.74. The molecular weight excluding hydrogens is 546 g/mol. The fourth-order valence-corrected chi connectivity index (χ4v) is 5.70. The second kappa shape index (κ2) is 13.8. The van der Waals surface area contributed by atoms with Crippen LogP contribution in [0.5, 0.6) is 0 Å². The molecule has 0 spiro atoms. The average Bonchev–Trinajstić information content (AvgIpc) is 2.92. The smallest absolute Gasteiger partial charge is 0.264 e. The Hall–Kier alpha value is -3.36. The predicted molar refractivity (Wildman–Crippen MR) is 161 cm³/mol. The normalized spacial score (nSPS) is 12.2. The molecule has 1 atom stereocenters. The number of hydrogen-bond donors (Lipinski definition) is 1. The molecule has 0 aromatic heterocycles. The van der Waals surface area contributed by atoms with Crippen molar-refractivity contribution in [3.63, 3.8) is 0 Å². The lowest BCUT2D eigenvalue weighted by Gasteiger charge is -2.32. The third-order valence-corrected chi connectivity index (χ3v) is 8.84. The van der Waals surface area contributed by atoms with Crippen LogP contribution in [0.4, 0.5) is 5.69 Å². The van der Waals surface area contributed by atoms with Crippen LogP contribution in [0.15, 0.2) is 77.7 Å². The highest BCUT2D eigenvalue weighted by Gasteiger charge is 2.32. The lowest BCUT2D eigenvalue weighted by Crippen LogP contribution is -2.52. The van der Waals surface area contributed by atoms with E-state index in [4.69, 9.17) is 11.6 Å². The zero-order chi connectivity index (χ0) is 29.4. The molecule has 0 saturated carbocycles. The Bertz CT molecular complexity index is 1410. The van der Waals surface area contributed by atoms with Gasteiger partial charge in [-0.15, -0.1) is 0 Å². The molecular formula is C31H38ClN3O4S. The molecule has 0 aliphatic heterocycles. The van der Waals surface area contributed by atoms with Gasteiger partial charge in [0, 0.05) is 18.1 Å². The summed E-state index contributed by atoms with van der Waals surface area (Å²) in [5, 5.41) is 3.30. The van der Waals surface area contributed by atoms with Gasteiger partial charge in [0.05, 0.1) is 10.6 Å². The highest BCUT2D eigenvalue weighted by atomic mass is 35.5. The zero-order valence-electron chi connectivity index (χ0n) is 23.7. The number of anilines is 1. The van der Waals surface area contributed by atoms with Crippen LogP contribution < -0.4 is 9.62 Å². The number of benzene rings is 3. The van der Waals surface area contributed by atoms with Crippen LogP contribution in [0, 0.1) is 19.8 Å².